The second-order valence-corrected chi connectivity index (χ2v) is 1.98. The second-order valence-electron chi connectivity index (χ2n) is 1.98. The molecule has 0 spiro atoms. The summed E-state index contributed by atoms with van der Waals surface area (Å²) in [5, 5.41) is 8.06. The molecule has 80 valence electrons. The number of nitrogens with two attached hydrogens (primary N) is 1. The van der Waals surface area contributed by atoms with Gasteiger partial charge in [0, 0.05) is 5.69 Å². The molecule has 0 bridgehead atoms. The van der Waals surface area contributed by atoms with Crippen molar-refractivity contribution in [2.45, 2.75) is 0 Å². The Bertz CT molecular complexity index is 272. The van der Waals surface area contributed by atoms with E-state index >= 15 is 0 Å². The van der Waals surface area contributed by atoms with Gasteiger partial charge in [0.15, 0.2) is 4.98 Å². The molecule has 5 nitrogen and oxygen atoms in total. The fourth-order valence-electron chi connectivity index (χ4n) is 0.667. The second kappa shape index (κ2) is 9.86. The molecule has 0 radical (unpaired) electrons. The highest BCUT2D eigenvalue weighted by Crippen LogP contribution is 2.12. The summed E-state index contributed by atoms with van der Waals surface area (Å²) in [4.78, 5) is 2.80. The van der Waals surface area contributed by atoms with Crippen molar-refractivity contribution >= 4 is 18.1 Å². The lowest BCUT2D eigenvalue weighted by Crippen LogP contribution is -3.00. The predicted octanol–water partition coefficient (Wildman–Crippen LogP) is -0.954. The zero-order valence-corrected chi connectivity index (χ0v) is 8.96. The summed E-state index contributed by atoms with van der Waals surface area (Å²) in [7, 11) is 0. The van der Waals surface area contributed by atoms with Crippen molar-refractivity contribution in [1.29, 1.82) is 5.39 Å². The number of nitrogens with zero attached hydrogens (tertiary/aromatic N) is 2. The van der Waals surface area contributed by atoms with Gasteiger partial charge in [-0.15, -0.1) is 12.4 Å². The number of rotatable bonds is 2. The van der Waals surface area contributed by atoms with Crippen LogP contribution in [0.1, 0.15) is 0 Å². The lowest BCUT2D eigenvalue weighted by molar-refractivity contribution is -0.00000357. The average molecular weight is 239 g/mol. The normalized spacial score (nSPS) is 6.79. The van der Waals surface area contributed by atoms with Crippen molar-refractivity contribution in [2.75, 3.05) is 12.5 Å². The van der Waals surface area contributed by atoms with Gasteiger partial charge in [0.05, 0.1) is 0 Å². The van der Waals surface area contributed by atoms with Crippen molar-refractivity contribution in [3.8, 4) is 5.75 Å². The van der Waals surface area contributed by atoms with Crippen LogP contribution >= 0.6 is 12.4 Å². The first kappa shape index (κ1) is 18.5. The SMILES string of the molecule is Cl.N.N#[N+]COc1ccc(N)cc1.[Cl-]. The van der Waals surface area contributed by atoms with Gasteiger partial charge in [-0.25, -0.2) is 0 Å². The summed E-state index contributed by atoms with van der Waals surface area (Å²) < 4.78 is 4.94. The van der Waals surface area contributed by atoms with Gasteiger partial charge in [-0.1, -0.05) is 0 Å². The van der Waals surface area contributed by atoms with E-state index in [0.717, 1.165) is 0 Å². The zero-order chi connectivity index (χ0) is 8.10. The maximum atomic E-state index is 8.06. The van der Waals surface area contributed by atoms with Gasteiger partial charge in [-0.2, -0.15) is 0 Å². The van der Waals surface area contributed by atoms with E-state index in [1.807, 2.05) is 0 Å². The summed E-state index contributed by atoms with van der Waals surface area (Å²) in [6, 6.07) is 6.85. The molecule has 0 heterocycles. The first-order chi connectivity index (χ1) is 5.33. The quantitative estimate of drug-likeness (QED) is 0.513. The largest absolute Gasteiger partial charge is 1.00 e. The molecule has 1 rings (SSSR count). The van der Waals surface area contributed by atoms with Gasteiger partial charge >= 0.3 is 6.73 Å². The molecule has 0 fully saturated rings. The molecule has 0 saturated heterocycles. The Morgan fingerprint density at radius 3 is 2.21 bits per heavy atom. The molecule has 1 aromatic carbocycles. The van der Waals surface area contributed by atoms with E-state index < -0.39 is 0 Å². The van der Waals surface area contributed by atoms with Crippen LogP contribution in [0.15, 0.2) is 24.3 Å². The molecule has 1 aromatic rings. The number of hydrogen-bond acceptors (Lipinski definition) is 4. The van der Waals surface area contributed by atoms with E-state index in [1.54, 1.807) is 24.3 Å². The van der Waals surface area contributed by atoms with Crippen LogP contribution in [0.3, 0.4) is 0 Å². The Kier molecular flexibility index (Phi) is 13.1. The minimum atomic E-state index is -0.0517. The molecule has 5 N–H and O–H groups in total. The number of hydrogen-bond donors (Lipinski definition) is 2. The number of diazo groups is 1. The molecule has 0 amide bonds. The Morgan fingerprint density at radius 1 is 1.29 bits per heavy atom. The Hall–Kier alpha value is -1.22. The first-order valence-electron chi connectivity index (χ1n) is 3.12. The van der Waals surface area contributed by atoms with E-state index in [0.29, 0.717) is 11.4 Å². The van der Waals surface area contributed by atoms with Crippen LogP contribution in [0.5, 0.6) is 5.75 Å². The monoisotopic (exact) mass is 238 g/mol. The van der Waals surface area contributed by atoms with Crippen LogP contribution in [-0.2, 0) is 0 Å². The van der Waals surface area contributed by atoms with Crippen LogP contribution in [0.25, 0.3) is 4.98 Å². The maximum Gasteiger partial charge on any atom is 0.447 e. The summed E-state index contributed by atoms with van der Waals surface area (Å²) >= 11 is 0. The third-order valence-electron chi connectivity index (χ3n) is 1.17. The van der Waals surface area contributed by atoms with Gasteiger partial charge in [-0.3, -0.25) is 0 Å². The molecule has 0 aliphatic rings. The number of benzene rings is 1. The Balaban J connectivity index is -0.000000403. The molecule has 0 unspecified atom stereocenters. The summed E-state index contributed by atoms with van der Waals surface area (Å²) in [6.07, 6.45) is 0. The number of nitrogen functional groups attached to an aromatic ring is 1. The van der Waals surface area contributed by atoms with E-state index in [1.165, 1.54) is 0 Å². The maximum absolute atomic E-state index is 8.06. The number of halogens is 2. The highest BCUT2D eigenvalue weighted by atomic mass is 35.5. The van der Waals surface area contributed by atoms with Gasteiger partial charge in [0.2, 0.25) is 5.39 Å². The minimum Gasteiger partial charge on any atom is -1.00 e. The zero-order valence-electron chi connectivity index (χ0n) is 7.39. The van der Waals surface area contributed by atoms with E-state index in [-0.39, 0.29) is 37.7 Å². The van der Waals surface area contributed by atoms with Crippen molar-refractivity contribution in [1.82, 2.24) is 6.15 Å². The van der Waals surface area contributed by atoms with Gasteiger partial charge < -0.3 is 29.0 Å². The van der Waals surface area contributed by atoms with Crippen LogP contribution < -0.4 is 29.0 Å². The number of anilines is 1. The van der Waals surface area contributed by atoms with E-state index in [4.69, 9.17) is 15.9 Å². The number of ether oxygens (including phenoxy) is 1. The highest BCUT2D eigenvalue weighted by molar-refractivity contribution is 5.85. The fraction of sp³-hybridized carbons (Fsp3) is 0.143. The van der Waals surface area contributed by atoms with Crippen LogP contribution in [-0.4, -0.2) is 6.73 Å². The molecule has 0 atom stereocenters. The summed E-state index contributed by atoms with van der Waals surface area (Å²) in [5.41, 5.74) is 6.11. The Labute approximate surface area is 94.7 Å². The van der Waals surface area contributed by atoms with Crippen molar-refractivity contribution in [3.05, 3.63) is 29.2 Å². The fourth-order valence-corrected chi connectivity index (χ4v) is 0.667. The lowest BCUT2D eigenvalue weighted by atomic mass is 10.3. The first-order valence-corrected chi connectivity index (χ1v) is 3.12. The topological polar surface area (TPSA) is 98.4 Å². The van der Waals surface area contributed by atoms with Crippen molar-refractivity contribution in [3.63, 3.8) is 0 Å². The Morgan fingerprint density at radius 2 is 1.79 bits per heavy atom. The summed E-state index contributed by atoms with van der Waals surface area (Å²) in [5.74, 6) is 0.636. The van der Waals surface area contributed by atoms with Crippen LogP contribution in [0, 0.1) is 5.39 Å². The van der Waals surface area contributed by atoms with Gasteiger partial charge in [0.25, 0.3) is 0 Å². The van der Waals surface area contributed by atoms with Crippen LogP contribution in [0.2, 0.25) is 0 Å². The third-order valence-corrected chi connectivity index (χ3v) is 1.17. The molecule has 7 heteroatoms. The van der Waals surface area contributed by atoms with Crippen molar-refractivity contribution < 1.29 is 17.1 Å². The molecular weight excluding hydrogens is 227 g/mol. The minimum absolute atomic E-state index is 0. The molecule has 0 aromatic heterocycles. The molecule has 0 saturated carbocycles. The van der Waals surface area contributed by atoms with Crippen molar-refractivity contribution in [2.24, 2.45) is 0 Å². The van der Waals surface area contributed by atoms with Gasteiger partial charge in [0.1, 0.15) is 5.75 Å². The lowest BCUT2D eigenvalue weighted by Gasteiger charge is -1.95. The van der Waals surface area contributed by atoms with E-state index in [2.05, 4.69) is 4.98 Å². The van der Waals surface area contributed by atoms with E-state index in [9.17, 15) is 0 Å². The average Bonchev–Trinajstić information content (AvgIpc) is 2.04. The third kappa shape index (κ3) is 6.31. The standard InChI is InChI=1S/C7H8N3O.2ClH.H3N/c8-6-1-3-7(4-2-6)11-5-10-9;;;/h1-4H,5,8H2;2*1H;1H3/q+1;;;/p-1. The molecule has 0 aliphatic heterocycles. The van der Waals surface area contributed by atoms with Gasteiger partial charge in [-0.05, 0) is 24.3 Å². The van der Waals surface area contributed by atoms with Crippen LogP contribution in [0.4, 0.5) is 5.69 Å². The molecule has 0 aliphatic carbocycles. The smallest absolute Gasteiger partial charge is 0.447 e. The summed E-state index contributed by atoms with van der Waals surface area (Å²) in [6.45, 7) is -0.0517. The predicted molar refractivity (Wildman–Crippen MR) is 53.7 cm³/mol. The molecular formula is C7H12Cl2N4O. The molecule has 14 heavy (non-hydrogen) atoms. The highest BCUT2D eigenvalue weighted by Gasteiger charge is 1.95.